The molecule has 0 amide bonds. The molecule has 0 saturated heterocycles. The van der Waals surface area contributed by atoms with Gasteiger partial charge in [0.05, 0.1) is 35.5 Å². The molecule has 5 aromatic carbocycles. The highest BCUT2D eigenvalue weighted by atomic mass is 32.1. The van der Waals surface area contributed by atoms with Crippen molar-refractivity contribution in [2.24, 2.45) is 0 Å². The number of nitrogens with zero attached hydrogens (tertiary/aromatic N) is 2. The fraction of sp³-hybridized carbons (Fsp3) is 0.114. The van der Waals surface area contributed by atoms with Crippen molar-refractivity contribution in [3.63, 3.8) is 0 Å². The van der Waals surface area contributed by atoms with E-state index in [1.807, 2.05) is 30.3 Å². The quantitative estimate of drug-likeness (QED) is 0.137. The van der Waals surface area contributed by atoms with Crippen LogP contribution in [-0.2, 0) is 4.74 Å². The van der Waals surface area contributed by atoms with Gasteiger partial charge in [0, 0.05) is 19.5 Å². The van der Waals surface area contributed by atoms with E-state index in [0.29, 0.717) is 28.6 Å². The Morgan fingerprint density at radius 1 is 0.547 bits per heavy atom. The molecule has 6 nitrogen and oxygen atoms in total. The molecule has 3 aromatic heterocycles. The summed E-state index contributed by atoms with van der Waals surface area (Å²) in [5, 5.41) is 0. The molecular formula is C44H34N2O4S3. The van der Waals surface area contributed by atoms with Crippen LogP contribution in [0.3, 0.4) is 0 Å². The monoisotopic (exact) mass is 750 g/mol. The molecule has 0 atom stereocenters. The molecular weight excluding hydrogens is 717 g/mol. The van der Waals surface area contributed by atoms with Gasteiger partial charge in [0.25, 0.3) is 0 Å². The fourth-order valence-corrected chi connectivity index (χ4v) is 9.17. The first kappa shape index (κ1) is 34.5. The number of carbonyl (C=O) groups is 1. The van der Waals surface area contributed by atoms with E-state index >= 15 is 0 Å². The number of rotatable bonds is 9. The maximum atomic E-state index is 12.3. The van der Waals surface area contributed by atoms with Crippen LogP contribution < -0.4 is 9.47 Å². The normalized spacial score (nSPS) is 11.2. The largest absolute Gasteiger partial charge is 0.465 e. The predicted octanol–water partition coefficient (Wildman–Crippen LogP) is 13.1. The van der Waals surface area contributed by atoms with Crippen molar-refractivity contribution in [1.82, 2.24) is 8.75 Å². The molecule has 0 radical (unpaired) electrons. The second kappa shape index (κ2) is 14.4. The maximum Gasteiger partial charge on any atom is 0.337 e. The summed E-state index contributed by atoms with van der Waals surface area (Å²) < 4.78 is 28.7. The number of ether oxygens (including phenoxy) is 3. The van der Waals surface area contributed by atoms with Crippen LogP contribution in [-0.4, -0.2) is 21.8 Å². The van der Waals surface area contributed by atoms with Gasteiger partial charge in [-0.3, -0.25) is 0 Å². The molecule has 0 N–H and O–H groups in total. The van der Waals surface area contributed by atoms with Gasteiger partial charge in [-0.25, -0.2) is 4.79 Å². The third-order valence-electron chi connectivity index (χ3n) is 9.10. The summed E-state index contributed by atoms with van der Waals surface area (Å²) in [5.41, 5.74) is 10.7. The minimum atomic E-state index is -0.419. The molecule has 0 aliphatic carbocycles. The topological polar surface area (TPSA) is 70.5 Å². The Morgan fingerprint density at radius 2 is 1.02 bits per heavy atom. The maximum absolute atomic E-state index is 12.3. The lowest BCUT2D eigenvalue weighted by Gasteiger charge is -2.20. The van der Waals surface area contributed by atoms with Gasteiger partial charge in [0.2, 0.25) is 0 Å². The number of benzene rings is 5. The molecule has 0 unspecified atom stereocenters. The Bertz CT molecular complexity index is 2620. The average Bonchev–Trinajstić information content (AvgIpc) is 3.97. The zero-order chi connectivity index (χ0) is 36.6. The van der Waals surface area contributed by atoms with Gasteiger partial charge in [-0.15, -0.1) is 22.7 Å². The lowest BCUT2D eigenvalue weighted by atomic mass is 10.0. The second-order valence-corrected chi connectivity index (χ2v) is 15.6. The van der Waals surface area contributed by atoms with Gasteiger partial charge in [0.15, 0.2) is 11.5 Å². The summed E-state index contributed by atoms with van der Waals surface area (Å²) in [6.07, 6.45) is 0. The molecule has 262 valence electrons. The molecule has 9 heteroatoms. The van der Waals surface area contributed by atoms with Crippen molar-refractivity contribution in [3.8, 4) is 64.8 Å². The van der Waals surface area contributed by atoms with E-state index in [1.54, 1.807) is 46.9 Å². The van der Waals surface area contributed by atoms with E-state index in [0.717, 1.165) is 41.7 Å². The summed E-state index contributed by atoms with van der Waals surface area (Å²) in [5.74, 6) is 1.79. The van der Waals surface area contributed by atoms with Gasteiger partial charge in [-0.2, -0.15) is 8.75 Å². The number of esters is 1. The van der Waals surface area contributed by atoms with E-state index in [-0.39, 0.29) is 0 Å². The number of methoxy groups -OCH3 is 1. The number of aromatic nitrogens is 2. The van der Waals surface area contributed by atoms with Crippen molar-refractivity contribution < 1.29 is 19.0 Å². The number of aryl methyl sites for hydroxylation is 4. The van der Waals surface area contributed by atoms with Crippen LogP contribution in [0.1, 0.15) is 32.6 Å². The first-order valence-electron chi connectivity index (χ1n) is 17.0. The Balaban J connectivity index is 1.39. The molecule has 8 rings (SSSR count). The van der Waals surface area contributed by atoms with E-state index in [9.17, 15) is 4.79 Å². The van der Waals surface area contributed by atoms with Gasteiger partial charge >= 0.3 is 5.97 Å². The van der Waals surface area contributed by atoms with Crippen molar-refractivity contribution in [2.75, 3.05) is 7.11 Å². The Labute approximate surface area is 320 Å². The number of para-hydroxylation sites is 1. The molecule has 0 aliphatic heterocycles. The summed E-state index contributed by atoms with van der Waals surface area (Å²) in [4.78, 5) is 16.5. The molecule has 53 heavy (non-hydrogen) atoms. The zero-order valence-electron chi connectivity index (χ0n) is 29.7. The van der Waals surface area contributed by atoms with E-state index in [2.05, 4.69) is 88.4 Å². The second-order valence-electron chi connectivity index (χ2n) is 12.9. The first-order valence-corrected chi connectivity index (χ1v) is 19.4. The Hall–Kier alpha value is -5.61. The fourth-order valence-electron chi connectivity index (χ4n) is 6.35. The van der Waals surface area contributed by atoms with Gasteiger partial charge in [-0.05, 0) is 111 Å². The third kappa shape index (κ3) is 6.75. The van der Waals surface area contributed by atoms with Gasteiger partial charge < -0.3 is 14.2 Å². The van der Waals surface area contributed by atoms with Crippen LogP contribution in [0, 0.1) is 27.7 Å². The number of thiophene rings is 2. The highest BCUT2D eigenvalue weighted by Gasteiger charge is 2.30. The van der Waals surface area contributed by atoms with Crippen molar-refractivity contribution in [1.29, 1.82) is 0 Å². The van der Waals surface area contributed by atoms with Crippen molar-refractivity contribution >= 4 is 51.4 Å². The number of hydrogen-bond acceptors (Lipinski definition) is 9. The third-order valence-corrected chi connectivity index (χ3v) is 11.9. The van der Waals surface area contributed by atoms with Gasteiger partial charge in [0.1, 0.15) is 22.5 Å². The number of carbonyl (C=O) groups excluding carboxylic acids is 1. The predicted molar refractivity (Wildman–Crippen MR) is 218 cm³/mol. The Kier molecular flexibility index (Phi) is 9.38. The van der Waals surface area contributed by atoms with Crippen LogP contribution in [0.2, 0.25) is 0 Å². The van der Waals surface area contributed by atoms with Crippen LogP contribution in [0.25, 0.3) is 52.8 Å². The standard InChI is InChI=1S/C44H34N2O4S3/c1-25-11-13-27(3)32(23-25)34-19-21-36(51-34)38-40-41(46-53-45-40)39(37-22-20-35(52-37)33-24-26(2)12-14-28(33)4)43(42(38)49-30-9-7-6-8-10-30)50-31-17-15-29(16-18-31)44(47)48-5/h6-24H,1-5H3. The highest BCUT2D eigenvalue weighted by molar-refractivity contribution is 7.19. The summed E-state index contributed by atoms with van der Waals surface area (Å²) in [6.45, 7) is 8.50. The summed E-state index contributed by atoms with van der Waals surface area (Å²) in [6, 6.07) is 38.3. The first-order chi connectivity index (χ1) is 25.8. The van der Waals surface area contributed by atoms with Crippen molar-refractivity contribution in [2.45, 2.75) is 27.7 Å². The minimum Gasteiger partial charge on any atom is -0.465 e. The lowest BCUT2D eigenvalue weighted by molar-refractivity contribution is 0.0600. The van der Waals surface area contributed by atoms with Crippen LogP contribution in [0.5, 0.6) is 23.0 Å². The molecule has 0 saturated carbocycles. The Morgan fingerprint density at radius 3 is 1.51 bits per heavy atom. The average molecular weight is 751 g/mol. The van der Waals surface area contributed by atoms with E-state index in [4.69, 9.17) is 23.0 Å². The number of fused-ring (bicyclic) bond motifs is 1. The molecule has 0 aliphatic rings. The van der Waals surface area contributed by atoms with Crippen molar-refractivity contribution in [3.05, 3.63) is 143 Å². The molecule has 3 heterocycles. The molecule has 0 bridgehead atoms. The summed E-state index contributed by atoms with van der Waals surface area (Å²) >= 11 is 4.53. The zero-order valence-corrected chi connectivity index (χ0v) is 32.2. The smallest absolute Gasteiger partial charge is 0.337 e. The molecule has 0 spiro atoms. The summed E-state index contributed by atoms with van der Waals surface area (Å²) in [7, 11) is 1.37. The van der Waals surface area contributed by atoms with Gasteiger partial charge in [-0.1, -0.05) is 65.7 Å². The molecule has 0 fully saturated rings. The SMILES string of the molecule is COC(=O)c1ccc(Oc2c(Oc3ccccc3)c(-c3ccc(-c4cc(C)ccc4C)s3)c3nsnc3c2-c2ccc(-c3cc(C)ccc3C)s2)cc1. The van der Waals surface area contributed by atoms with E-state index < -0.39 is 5.97 Å². The number of hydrogen-bond donors (Lipinski definition) is 0. The molecule has 8 aromatic rings. The van der Waals surface area contributed by atoms with Crippen LogP contribution >= 0.6 is 34.4 Å². The highest BCUT2D eigenvalue weighted by Crippen LogP contribution is 2.56. The minimum absolute atomic E-state index is 0.419. The van der Waals surface area contributed by atoms with Crippen LogP contribution in [0.15, 0.2) is 115 Å². The lowest BCUT2D eigenvalue weighted by Crippen LogP contribution is -2.01. The van der Waals surface area contributed by atoms with E-state index in [1.165, 1.54) is 52.2 Å². The van der Waals surface area contributed by atoms with Crippen LogP contribution in [0.4, 0.5) is 0 Å².